The summed E-state index contributed by atoms with van der Waals surface area (Å²) in [6, 6.07) is -0.309. The smallest absolute Gasteiger partial charge is 0.321 e. The third kappa shape index (κ3) is 4.14. The molecule has 0 saturated heterocycles. The minimum Gasteiger partial charge on any atom is -0.374 e. The van der Waals surface area contributed by atoms with Crippen molar-refractivity contribution in [2.45, 2.75) is 43.0 Å². The number of hydrogen-bond donors (Lipinski definition) is 3. The van der Waals surface area contributed by atoms with Crippen molar-refractivity contribution in [1.82, 2.24) is 20.8 Å². The summed E-state index contributed by atoms with van der Waals surface area (Å²) in [5.74, 6) is 1.90. The molecule has 2 bridgehead atoms. The number of amides is 3. The van der Waals surface area contributed by atoms with Gasteiger partial charge in [-0.05, 0) is 43.9 Å². The second-order valence-electron chi connectivity index (χ2n) is 6.34. The summed E-state index contributed by atoms with van der Waals surface area (Å²) < 4.78 is 0.619. The molecule has 2 aliphatic carbocycles. The average molecular weight is 355 g/mol. The van der Waals surface area contributed by atoms with Crippen LogP contribution in [0.5, 0.6) is 0 Å². The quantitative estimate of drug-likeness (QED) is 0.696. The van der Waals surface area contributed by atoms with Gasteiger partial charge in [0.2, 0.25) is 11.0 Å². The summed E-state index contributed by atoms with van der Waals surface area (Å²) in [5, 5.41) is 13.1. The first-order chi connectivity index (χ1) is 11.0. The normalized spacial score (nSPS) is 26.9. The van der Waals surface area contributed by atoms with Crippen LogP contribution in [-0.4, -0.2) is 33.9 Å². The van der Waals surface area contributed by atoms with E-state index in [1.54, 1.807) is 0 Å². The van der Waals surface area contributed by atoms with Gasteiger partial charge in [-0.15, -0.1) is 10.2 Å². The highest BCUT2D eigenvalue weighted by atomic mass is 32.2. The highest BCUT2D eigenvalue weighted by Gasteiger charge is 2.42. The van der Waals surface area contributed by atoms with Crippen LogP contribution in [0, 0.1) is 17.8 Å². The Morgan fingerprint density at radius 2 is 2.22 bits per heavy atom. The summed E-state index contributed by atoms with van der Waals surface area (Å²) in [4.78, 5) is 23.7. The minimum atomic E-state index is -0.414. The molecule has 2 saturated carbocycles. The van der Waals surface area contributed by atoms with Gasteiger partial charge < -0.3 is 11.1 Å². The number of hydrogen-bond acceptors (Lipinski definition) is 7. The fourth-order valence-electron chi connectivity index (χ4n) is 3.82. The summed E-state index contributed by atoms with van der Waals surface area (Å²) in [5.41, 5.74) is 5.47. The molecule has 23 heavy (non-hydrogen) atoms. The van der Waals surface area contributed by atoms with Gasteiger partial charge in [-0.25, -0.2) is 4.79 Å². The van der Waals surface area contributed by atoms with Gasteiger partial charge in [-0.2, -0.15) is 0 Å². The molecule has 0 radical (unpaired) electrons. The number of thioether (sulfide) groups is 1. The minimum absolute atomic E-state index is 0.105. The van der Waals surface area contributed by atoms with Gasteiger partial charge in [0.25, 0.3) is 0 Å². The fourth-order valence-corrected chi connectivity index (χ4v) is 5.26. The SMILES string of the molecule is C[C@@H](NC(=O)NC(=O)CSc1nnc(N)s1)[C@@H]1C[C@H]2CC[C@H]1C2. The second-order valence-corrected chi connectivity index (χ2v) is 8.58. The van der Waals surface area contributed by atoms with Crippen molar-refractivity contribution < 1.29 is 9.59 Å². The zero-order chi connectivity index (χ0) is 16.4. The molecule has 3 amide bonds. The molecule has 4 N–H and O–H groups in total. The predicted octanol–water partition coefficient (Wildman–Crippen LogP) is 1.86. The lowest BCUT2D eigenvalue weighted by atomic mass is 9.84. The number of nitrogen functional groups attached to an aromatic ring is 1. The number of fused-ring (bicyclic) bond motifs is 2. The average Bonchev–Trinajstić information content (AvgIpc) is 3.21. The second kappa shape index (κ2) is 7.04. The van der Waals surface area contributed by atoms with E-state index in [-0.39, 0.29) is 17.7 Å². The van der Waals surface area contributed by atoms with Crippen LogP contribution in [0.25, 0.3) is 0 Å². The van der Waals surface area contributed by atoms with Crippen molar-refractivity contribution in [1.29, 1.82) is 0 Å². The van der Waals surface area contributed by atoms with Crippen LogP contribution in [0.4, 0.5) is 9.93 Å². The van der Waals surface area contributed by atoms with Crippen LogP contribution in [0.15, 0.2) is 4.34 Å². The number of nitrogens with zero attached hydrogens (tertiary/aromatic N) is 2. The summed E-state index contributed by atoms with van der Waals surface area (Å²) >= 11 is 2.44. The largest absolute Gasteiger partial charge is 0.374 e. The maximum Gasteiger partial charge on any atom is 0.321 e. The molecule has 3 rings (SSSR count). The van der Waals surface area contributed by atoms with E-state index >= 15 is 0 Å². The van der Waals surface area contributed by atoms with Gasteiger partial charge in [0.15, 0.2) is 4.34 Å². The standard InChI is InChI=1S/C14H21N5O2S2/c1-7(10-5-8-2-3-9(10)4-8)16-13(21)17-11(20)6-22-14-19-18-12(15)23-14/h7-10H,2-6H2,1H3,(H2,15,18)(H2,16,17,20,21)/t7-,8+,9+,10+/m1/s1. The Bertz CT molecular complexity index is 593. The van der Waals surface area contributed by atoms with Crippen molar-refractivity contribution >= 4 is 40.2 Å². The van der Waals surface area contributed by atoms with Crippen LogP contribution in [0.1, 0.15) is 32.6 Å². The van der Waals surface area contributed by atoms with E-state index in [4.69, 9.17) is 5.73 Å². The number of nitrogens with two attached hydrogens (primary N) is 1. The molecular formula is C14H21N5O2S2. The Labute approximate surface area is 143 Å². The maximum atomic E-state index is 11.9. The first-order valence-corrected chi connectivity index (χ1v) is 9.63. The maximum absolute atomic E-state index is 11.9. The van der Waals surface area contributed by atoms with Crippen LogP contribution in [0.2, 0.25) is 0 Å². The molecule has 1 aromatic rings. The van der Waals surface area contributed by atoms with Gasteiger partial charge in [0.05, 0.1) is 5.75 Å². The summed E-state index contributed by atoms with van der Waals surface area (Å²) in [7, 11) is 0. The first kappa shape index (κ1) is 16.5. The van der Waals surface area contributed by atoms with Crippen molar-refractivity contribution in [3.63, 3.8) is 0 Å². The van der Waals surface area contributed by atoms with Gasteiger partial charge >= 0.3 is 6.03 Å². The molecule has 0 unspecified atom stereocenters. The number of aromatic nitrogens is 2. The molecule has 126 valence electrons. The van der Waals surface area contributed by atoms with Gasteiger partial charge in [-0.3, -0.25) is 10.1 Å². The van der Waals surface area contributed by atoms with E-state index in [2.05, 4.69) is 20.8 Å². The van der Waals surface area contributed by atoms with Crippen molar-refractivity contribution in [2.24, 2.45) is 17.8 Å². The first-order valence-electron chi connectivity index (χ1n) is 7.83. The Morgan fingerprint density at radius 3 is 2.83 bits per heavy atom. The number of carbonyl (C=O) groups is 2. The Hall–Kier alpha value is -1.35. The molecule has 0 spiro atoms. The Kier molecular flexibility index (Phi) is 5.05. The lowest BCUT2D eigenvalue weighted by Gasteiger charge is -2.28. The van der Waals surface area contributed by atoms with Crippen LogP contribution in [0.3, 0.4) is 0 Å². The van der Waals surface area contributed by atoms with E-state index in [9.17, 15) is 9.59 Å². The number of imide groups is 1. The monoisotopic (exact) mass is 355 g/mol. The van der Waals surface area contributed by atoms with Crippen LogP contribution in [-0.2, 0) is 4.79 Å². The van der Waals surface area contributed by atoms with E-state index in [0.717, 1.165) is 11.8 Å². The lowest BCUT2D eigenvalue weighted by molar-refractivity contribution is -0.117. The zero-order valence-electron chi connectivity index (χ0n) is 12.9. The highest BCUT2D eigenvalue weighted by Crippen LogP contribution is 2.49. The lowest BCUT2D eigenvalue weighted by Crippen LogP contribution is -2.47. The molecular weight excluding hydrogens is 334 g/mol. The van der Waals surface area contributed by atoms with Crippen molar-refractivity contribution in [3.8, 4) is 0 Å². The summed E-state index contributed by atoms with van der Waals surface area (Å²) in [6.45, 7) is 2.04. The van der Waals surface area contributed by atoms with E-state index < -0.39 is 6.03 Å². The number of carbonyl (C=O) groups excluding carboxylic acids is 2. The molecule has 0 aromatic carbocycles. The molecule has 1 heterocycles. The third-order valence-corrected chi connectivity index (χ3v) is 6.68. The third-order valence-electron chi connectivity index (χ3n) is 4.80. The van der Waals surface area contributed by atoms with Gasteiger partial charge in [0.1, 0.15) is 0 Å². The molecule has 9 heteroatoms. The Morgan fingerprint density at radius 1 is 1.39 bits per heavy atom. The van der Waals surface area contributed by atoms with E-state index in [1.165, 1.54) is 48.8 Å². The van der Waals surface area contributed by atoms with Crippen LogP contribution < -0.4 is 16.4 Å². The van der Waals surface area contributed by atoms with E-state index in [0.29, 0.717) is 15.4 Å². The number of nitrogens with one attached hydrogen (secondary N) is 2. The Balaban J connectivity index is 1.39. The molecule has 0 aliphatic heterocycles. The molecule has 1 aromatic heterocycles. The highest BCUT2D eigenvalue weighted by molar-refractivity contribution is 8.01. The summed E-state index contributed by atoms with van der Waals surface area (Å²) in [6.07, 6.45) is 5.13. The number of anilines is 1. The van der Waals surface area contributed by atoms with Gasteiger partial charge in [-0.1, -0.05) is 29.5 Å². The van der Waals surface area contributed by atoms with Crippen molar-refractivity contribution in [2.75, 3.05) is 11.5 Å². The topological polar surface area (TPSA) is 110 Å². The fraction of sp³-hybridized carbons (Fsp3) is 0.714. The molecule has 2 aliphatic rings. The van der Waals surface area contributed by atoms with Crippen molar-refractivity contribution in [3.05, 3.63) is 0 Å². The van der Waals surface area contributed by atoms with Gasteiger partial charge in [0, 0.05) is 6.04 Å². The molecule has 2 fully saturated rings. The molecule has 7 nitrogen and oxygen atoms in total. The number of urea groups is 1. The predicted molar refractivity (Wildman–Crippen MR) is 90.1 cm³/mol. The van der Waals surface area contributed by atoms with Crippen LogP contribution >= 0.6 is 23.1 Å². The number of rotatable bonds is 5. The zero-order valence-corrected chi connectivity index (χ0v) is 14.6. The molecule has 4 atom stereocenters. The van der Waals surface area contributed by atoms with E-state index in [1.807, 2.05) is 6.92 Å².